The molecule has 1 aromatic heterocycles. The first-order chi connectivity index (χ1) is 10.5. The molecule has 2 rings (SSSR count). The number of nitrogens with zero attached hydrogens (tertiary/aromatic N) is 1. The molecule has 0 radical (unpaired) electrons. The van der Waals surface area contributed by atoms with Gasteiger partial charge in [0.15, 0.2) is 18.9 Å². The first kappa shape index (κ1) is 16.0. The summed E-state index contributed by atoms with van der Waals surface area (Å²) in [6.07, 6.45) is 3.30. The second-order valence-corrected chi connectivity index (χ2v) is 5.25. The van der Waals surface area contributed by atoms with Crippen molar-refractivity contribution in [1.82, 2.24) is 0 Å². The quantitative estimate of drug-likeness (QED) is 0.798. The number of carbonyl (C=O) groups is 1. The van der Waals surface area contributed by atoms with Crippen molar-refractivity contribution in [3.63, 3.8) is 0 Å². The lowest BCUT2D eigenvalue weighted by Crippen LogP contribution is -2.41. The zero-order chi connectivity index (χ0) is 15.9. The summed E-state index contributed by atoms with van der Waals surface area (Å²) < 4.78 is 7.49. The Bertz CT molecular complexity index is 626. The molecule has 22 heavy (non-hydrogen) atoms. The monoisotopic (exact) mass is 301 g/mol. The van der Waals surface area contributed by atoms with Crippen LogP contribution in [0.1, 0.15) is 12.5 Å². The largest absolute Gasteiger partial charge is 0.491 e. The molecule has 0 saturated carbocycles. The van der Waals surface area contributed by atoms with Gasteiger partial charge in [0, 0.05) is 24.2 Å². The molecule has 5 nitrogen and oxygen atoms in total. The maximum atomic E-state index is 10.9. The van der Waals surface area contributed by atoms with E-state index in [9.17, 15) is 9.90 Å². The number of anilines is 1. The van der Waals surface area contributed by atoms with Crippen LogP contribution in [0, 0.1) is 6.92 Å². The van der Waals surface area contributed by atoms with E-state index in [0.717, 1.165) is 11.3 Å². The molecule has 0 spiro atoms. The topological polar surface area (TPSA) is 62.4 Å². The first-order valence-corrected chi connectivity index (χ1v) is 7.17. The maximum Gasteiger partial charge on any atom is 0.221 e. The predicted octanol–water partition coefficient (Wildman–Crippen LogP) is 1.68. The second-order valence-electron chi connectivity index (χ2n) is 5.25. The summed E-state index contributed by atoms with van der Waals surface area (Å²) in [5.74, 6) is 0.543. The van der Waals surface area contributed by atoms with Crippen LogP contribution in [0.4, 0.5) is 5.69 Å². The van der Waals surface area contributed by atoms with Crippen molar-refractivity contribution in [3.8, 4) is 5.75 Å². The Hall–Kier alpha value is -2.40. The van der Waals surface area contributed by atoms with Gasteiger partial charge in [0.2, 0.25) is 5.91 Å². The van der Waals surface area contributed by atoms with E-state index in [1.807, 2.05) is 36.0 Å². The number of carbonyl (C=O) groups excluding carboxylic acids is 1. The summed E-state index contributed by atoms with van der Waals surface area (Å²) >= 11 is 0. The fourth-order valence-electron chi connectivity index (χ4n) is 2.09. The lowest BCUT2D eigenvalue weighted by molar-refractivity contribution is -0.704. The molecule has 0 aliphatic rings. The number of aromatic nitrogens is 1. The van der Waals surface area contributed by atoms with Gasteiger partial charge < -0.3 is 15.2 Å². The normalized spacial score (nSPS) is 11.8. The molecule has 0 aliphatic heterocycles. The number of hydrogen-bond acceptors (Lipinski definition) is 3. The minimum atomic E-state index is -0.596. The van der Waals surface area contributed by atoms with Gasteiger partial charge >= 0.3 is 0 Å². The summed E-state index contributed by atoms with van der Waals surface area (Å²) in [5.41, 5.74) is 1.86. The highest BCUT2D eigenvalue weighted by Crippen LogP contribution is 2.15. The van der Waals surface area contributed by atoms with Crippen LogP contribution >= 0.6 is 0 Å². The number of aliphatic hydroxyl groups excluding tert-OH is 1. The molecule has 1 atom stereocenters. The van der Waals surface area contributed by atoms with E-state index in [4.69, 9.17) is 4.74 Å². The van der Waals surface area contributed by atoms with Gasteiger partial charge in [0.05, 0.1) is 0 Å². The van der Waals surface area contributed by atoms with Crippen molar-refractivity contribution in [2.45, 2.75) is 26.5 Å². The number of nitrogens with one attached hydrogen (secondary N) is 1. The highest BCUT2D eigenvalue weighted by molar-refractivity contribution is 5.88. The highest BCUT2D eigenvalue weighted by atomic mass is 16.5. The zero-order valence-corrected chi connectivity index (χ0v) is 12.8. The summed E-state index contributed by atoms with van der Waals surface area (Å²) in [6.45, 7) is 4.16. The Morgan fingerprint density at radius 1 is 1.32 bits per heavy atom. The van der Waals surface area contributed by atoms with Gasteiger partial charge in [-0.1, -0.05) is 0 Å². The number of rotatable bonds is 6. The van der Waals surface area contributed by atoms with E-state index in [0.29, 0.717) is 12.3 Å². The van der Waals surface area contributed by atoms with Gasteiger partial charge in [-0.25, -0.2) is 4.57 Å². The third kappa shape index (κ3) is 5.18. The van der Waals surface area contributed by atoms with Crippen molar-refractivity contribution < 1.29 is 19.2 Å². The second kappa shape index (κ2) is 7.56. The van der Waals surface area contributed by atoms with Crippen LogP contribution in [0.25, 0.3) is 0 Å². The number of pyridine rings is 1. The van der Waals surface area contributed by atoms with Gasteiger partial charge in [0.1, 0.15) is 18.5 Å². The van der Waals surface area contributed by atoms with Gasteiger partial charge in [-0.05, 0) is 37.3 Å². The van der Waals surface area contributed by atoms with Crippen molar-refractivity contribution in [2.75, 3.05) is 11.9 Å². The molecule has 1 amide bonds. The van der Waals surface area contributed by atoms with Gasteiger partial charge in [-0.15, -0.1) is 0 Å². The molecule has 116 valence electrons. The van der Waals surface area contributed by atoms with E-state index < -0.39 is 6.10 Å². The van der Waals surface area contributed by atoms with Gasteiger partial charge in [0.25, 0.3) is 0 Å². The number of ether oxygens (including phenoxy) is 1. The Labute approximate surface area is 130 Å². The molecule has 0 bridgehead atoms. The summed E-state index contributed by atoms with van der Waals surface area (Å²) in [6, 6.07) is 11.0. The van der Waals surface area contributed by atoms with Crippen LogP contribution in [0.3, 0.4) is 0 Å². The average Bonchev–Trinajstić information content (AvgIpc) is 2.46. The van der Waals surface area contributed by atoms with Crippen LogP contribution in [0.2, 0.25) is 0 Å². The highest BCUT2D eigenvalue weighted by Gasteiger charge is 2.12. The number of hydrogen-bond donors (Lipinski definition) is 2. The lowest BCUT2D eigenvalue weighted by Gasteiger charge is -2.11. The van der Waals surface area contributed by atoms with E-state index in [2.05, 4.69) is 5.32 Å². The molecule has 2 N–H and O–H groups in total. The standard InChI is InChI=1S/C17H20N2O3/c1-13-4-3-9-19(10-13)11-16(21)12-22-17-7-5-15(6-8-17)18-14(2)20/h3-10,16,21H,11-12H2,1-2H3/p+1. The van der Waals surface area contributed by atoms with Gasteiger partial charge in [-0.3, -0.25) is 4.79 Å². The summed E-state index contributed by atoms with van der Waals surface area (Å²) in [7, 11) is 0. The minimum Gasteiger partial charge on any atom is -0.491 e. The maximum absolute atomic E-state index is 10.9. The summed E-state index contributed by atoms with van der Waals surface area (Å²) in [4.78, 5) is 10.9. The molecule has 0 aliphatic carbocycles. The Morgan fingerprint density at radius 3 is 2.68 bits per heavy atom. The number of aryl methyl sites for hydroxylation is 1. The van der Waals surface area contributed by atoms with Crippen molar-refractivity contribution in [1.29, 1.82) is 0 Å². The Balaban J connectivity index is 1.83. The van der Waals surface area contributed by atoms with Crippen LogP contribution in [0.15, 0.2) is 48.8 Å². The molecule has 0 saturated heterocycles. The molecular formula is C17H21N2O3+. The number of benzene rings is 1. The average molecular weight is 301 g/mol. The lowest BCUT2D eigenvalue weighted by atomic mass is 10.3. The van der Waals surface area contributed by atoms with E-state index in [1.165, 1.54) is 6.92 Å². The minimum absolute atomic E-state index is 0.112. The third-order valence-corrected chi connectivity index (χ3v) is 3.04. The molecule has 1 unspecified atom stereocenters. The van der Waals surface area contributed by atoms with Crippen LogP contribution < -0.4 is 14.6 Å². The third-order valence-electron chi connectivity index (χ3n) is 3.04. The predicted molar refractivity (Wildman–Crippen MR) is 83.6 cm³/mol. The molecule has 0 fully saturated rings. The molecule has 1 heterocycles. The smallest absolute Gasteiger partial charge is 0.221 e. The van der Waals surface area contributed by atoms with Crippen LogP contribution in [-0.4, -0.2) is 23.7 Å². The number of amides is 1. The van der Waals surface area contributed by atoms with Crippen LogP contribution in [-0.2, 0) is 11.3 Å². The fraction of sp³-hybridized carbons (Fsp3) is 0.294. The SMILES string of the molecule is CC(=O)Nc1ccc(OCC(O)C[n+]2cccc(C)c2)cc1. The first-order valence-electron chi connectivity index (χ1n) is 7.17. The Kier molecular flexibility index (Phi) is 5.49. The van der Waals surface area contributed by atoms with Crippen molar-refractivity contribution in [2.24, 2.45) is 0 Å². The molecule has 2 aromatic rings. The molecular weight excluding hydrogens is 280 g/mol. The fourth-order valence-corrected chi connectivity index (χ4v) is 2.09. The van der Waals surface area contributed by atoms with E-state index in [1.54, 1.807) is 24.3 Å². The van der Waals surface area contributed by atoms with Crippen LogP contribution in [0.5, 0.6) is 5.75 Å². The van der Waals surface area contributed by atoms with E-state index >= 15 is 0 Å². The van der Waals surface area contributed by atoms with Crippen molar-refractivity contribution >= 4 is 11.6 Å². The number of aliphatic hydroxyl groups is 1. The van der Waals surface area contributed by atoms with Gasteiger partial charge in [-0.2, -0.15) is 0 Å². The van der Waals surface area contributed by atoms with E-state index in [-0.39, 0.29) is 12.5 Å². The molecule has 1 aromatic carbocycles. The summed E-state index contributed by atoms with van der Waals surface area (Å²) in [5, 5.41) is 12.7. The molecule has 5 heteroatoms. The zero-order valence-electron chi connectivity index (χ0n) is 12.8. The Morgan fingerprint density at radius 2 is 2.05 bits per heavy atom. The van der Waals surface area contributed by atoms with Crippen molar-refractivity contribution in [3.05, 3.63) is 54.4 Å².